The highest BCUT2D eigenvalue weighted by molar-refractivity contribution is 5.92. The minimum atomic E-state index is -0.306. The number of anilines is 2. The molecule has 2 amide bonds. The average Bonchev–Trinajstić information content (AvgIpc) is 2.89. The predicted molar refractivity (Wildman–Crippen MR) is 82.6 cm³/mol. The fraction of sp³-hybridized carbons (Fsp3) is 0.467. The highest BCUT2D eigenvalue weighted by Gasteiger charge is 2.28. The first kappa shape index (κ1) is 15.3. The lowest BCUT2D eigenvalue weighted by atomic mass is 10.1. The van der Waals surface area contributed by atoms with E-state index in [0.29, 0.717) is 18.7 Å². The summed E-state index contributed by atoms with van der Waals surface area (Å²) in [5, 5.41) is 2.86. The number of likely N-dealkylation sites (tertiary alicyclic amines) is 1. The number of aryl methyl sites for hydroxylation is 1. The van der Waals surface area contributed by atoms with E-state index in [1.807, 2.05) is 17.9 Å². The van der Waals surface area contributed by atoms with Crippen molar-refractivity contribution in [2.75, 3.05) is 24.1 Å². The van der Waals surface area contributed by atoms with Crippen LogP contribution in [0.25, 0.3) is 0 Å². The molecule has 21 heavy (non-hydrogen) atoms. The Balaban J connectivity index is 1.87. The molecule has 0 spiro atoms. The molecule has 0 aromatic heterocycles. The number of carbonyl (C=O) groups excluding carboxylic acids is 2. The average molecular weight is 290 g/mol. The maximum atomic E-state index is 12.0. The first-order chi connectivity index (χ1) is 9.97. The molecular weight excluding hydrogens is 268 g/mol. The maximum Gasteiger partial charge on any atom is 0.234 e. The Labute approximate surface area is 124 Å². The molecule has 5 N–H and O–H groups in total. The number of nitrogens with zero attached hydrogens (tertiary/aromatic N) is 1. The van der Waals surface area contributed by atoms with Gasteiger partial charge in [0.2, 0.25) is 11.8 Å². The number of hydrogen-bond acceptors (Lipinski definition) is 4. The molecule has 1 aromatic carbocycles. The van der Waals surface area contributed by atoms with E-state index in [2.05, 4.69) is 5.32 Å². The van der Waals surface area contributed by atoms with Crippen molar-refractivity contribution >= 4 is 23.2 Å². The van der Waals surface area contributed by atoms with Crippen molar-refractivity contribution in [1.82, 2.24) is 4.90 Å². The van der Waals surface area contributed by atoms with E-state index in [1.54, 1.807) is 12.1 Å². The zero-order valence-electron chi connectivity index (χ0n) is 12.3. The van der Waals surface area contributed by atoms with E-state index in [9.17, 15) is 9.59 Å². The molecule has 0 aliphatic carbocycles. The monoisotopic (exact) mass is 290 g/mol. The predicted octanol–water partition coefficient (Wildman–Crippen LogP) is 0.856. The molecule has 2 rings (SSSR count). The number of nitrogens with one attached hydrogen (secondary N) is 1. The smallest absolute Gasteiger partial charge is 0.234 e. The van der Waals surface area contributed by atoms with Crippen LogP contribution >= 0.6 is 0 Å². The van der Waals surface area contributed by atoms with Crippen molar-refractivity contribution in [1.29, 1.82) is 0 Å². The zero-order valence-corrected chi connectivity index (χ0v) is 12.3. The van der Waals surface area contributed by atoms with Crippen LogP contribution in [-0.4, -0.2) is 35.8 Å². The molecule has 6 heteroatoms. The van der Waals surface area contributed by atoms with Crippen molar-refractivity contribution < 1.29 is 9.59 Å². The molecule has 6 nitrogen and oxygen atoms in total. The van der Waals surface area contributed by atoms with Gasteiger partial charge >= 0.3 is 0 Å². The van der Waals surface area contributed by atoms with Gasteiger partial charge in [-0.1, -0.05) is 6.07 Å². The summed E-state index contributed by atoms with van der Waals surface area (Å²) in [5.41, 5.74) is 13.4. The Morgan fingerprint density at radius 3 is 2.90 bits per heavy atom. The fourth-order valence-electron chi connectivity index (χ4n) is 2.65. The Morgan fingerprint density at radius 2 is 2.19 bits per heavy atom. The highest BCUT2D eigenvalue weighted by atomic mass is 16.2. The number of hydrogen-bond donors (Lipinski definition) is 3. The molecule has 0 radical (unpaired) electrons. The van der Waals surface area contributed by atoms with Gasteiger partial charge in [0.25, 0.3) is 0 Å². The van der Waals surface area contributed by atoms with Gasteiger partial charge in [0.1, 0.15) is 0 Å². The SMILES string of the molecule is Cc1ccc(N)cc1NC(=O)CCN1CCCC1C(N)=O. The van der Waals surface area contributed by atoms with Gasteiger partial charge in [-0.05, 0) is 44.0 Å². The van der Waals surface area contributed by atoms with Crippen molar-refractivity contribution in [3.05, 3.63) is 23.8 Å². The Morgan fingerprint density at radius 1 is 1.43 bits per heavy atom. The molecule has 1 saturated heterocycles. The molecule has 1 aliphatic heterocycles. The minimum absolute atomic E-state index is 0.0844. The van der Waals surface area contributed by atoms with E-state index in [-0.39, 0.29) is 17.9 Å². The lowest BCUT2D eigenvalue weighted by Gasteiger charge is -2.21. The third-order valence-electron chi connectivity index (χ3n) is 3.85. The van der Waals surface area contributed by atoms with E-state index in [0.717, 1.165) is 30.6 Å². The number of rotatable bonds is 5. The topological polar surface area (TPSA) is 101 Å². The fourth-order valence-corrected chi connectivity index (χ4v) is 2.65. The molecule has 1 unspecified atom stereocenters. The van der Waals surface area contributed by atoms with Crippen molar-refractivity contribution in [2.24, 2.45) is 5.73 Å². The van der Waals surface area contributed by atoms with Gasteiger partial charge in [0.15, 0.2) is 0 Å². The van der Waals surface area contributed by atoms with Crippen LogP contribution < -0.4 is 16.8 Å². The highest BCUT2D eigenvalue weighted by Crippen LogP contribution is 2.19. The van der Waals surface area contributed by atoms with Gasteiger partial charge in [-0.3, -0.25) is 14.5 Å². The molecule has 114 valence electrons. The normalized spacial score (nSPS) is 18.6. The Kier molecular flexibility index (Phi) is 4.80. The molecule has 1 atom stereocenters. The van der Waals surface area contributed by atoms with E-state index in [4.69, 9.17) is 11.5 Å². The van der Waals surface area contributed by atoms with Gasteiger partial charge in [-0.2, -0.15) is 0 Å². The quantitative estimate of drug-likeness (QED) is 0.700. The van der Waals surface area contributed by atoms with Crippen LogP contribution in [0.15, 0.2) is 18.2 Å². The second-order valence-corrected chi connectivity index (χ2v) is 5.47. The molecule has 1 aliphatic rings. The number of carbonyl (C=O) groups is 2. The molecule has 1 fully saturated rings. The third kappa shape index (κ3) is 3.95. The summed E-state index contributed by atoms with van der Waals surface area (Å²) < 4.78 is 0. The number of benzene rings is 1. The van der Waals surface area contributed by atoms with Crippen LogP contribution in [0.4, 0.5) is 11.4 Å². The van der Waals surface area contributed by atoms with E-state index in [1.165, 1.54) is 0 Å². The largest absolute Gasteiger partial charge is 0.399 e. The number of nitrogens with two attached hydrogens (primary N) is 2. The first-order valence-electron chi connectivity index (χ1n) is 7.16. The Bertz CT molecular complexity index is 544. The van der Waals surface area contributed by atoms with Crippen molar-refractivity contribution in [3.63, 3.8) is 0 Å². The lowest BCUT2D eigenvalue weighted by molar-refractivity contribution is -0.123. The van der Waals surface area contributed by atoms with Gasteiger partial charge in [0.05, 0.1) is 6.04 Å². The summed E-state index contributed by atoms with van der Waals surface area (Å²) in [5.74, 6) is -0.390. The third-order valence-corrected chi connectivity index (χ3v) is 3.85. The van der Waals surface area contributed by atoms with Crippen LogP contribution in [0.2, 0.25) is 0 Å². The summed E-state index contributed by atoms with van der Waals surface area (Å²) in [6, 6.07) is 5.18. The first-order valence-corrected chi connectivity index (χ1v) is 7.16. The second-order valence-electron chi connectivity index (χ2n) is 5.47. The van der Waals surface area contributed by atoms with Crippen LogP contribution in [0.3, 0.4) is 0 Å². The summed E-state index contributed by atoms with van der Waals surface area (Å²) in [7, 11) is 0. The molecule has 1 aromatic rings. The van der Waals surface area contributed by atoms with Crippen LogP contribution in [0.1, 0.15) is 24.8 Å². The zero-order chi connectivity index (χ0) is 15.4. The van der Waals surface area contributed by atoms with E-state index < -0.39 is 0 Å². The number of amides is 2. The maximum absolute atomic E-state index is 12.0. The minimum Gasteiger partial charge on any atom is -0.399 e. The number of primary amides is 1. The summed E-state index contributed by atoms with van der Waals surface area (Å²) in [4.78, 5) is 25.3. The van der Waals surface area contributed by atoms with E-state index >= 15 is 0 Å². The van der Waals surface area contributed by atoms with Gasteiger partial charge < -0.3 is 16.8 Å². The Hall–Kier alpha value is -2.08. The van der Waals surface area contributed by atoms with Gasteiger partial charge in [-0.15, -0.1) is 0 Å². The molecular formula is C15H22N4O2. The van der Waals surface area contributed by atoms with Gasteiger partial charge in [0, 0.05) is 24.3 Å². The molecule has 0 bridgehead atoms. The summed E-state index contributed by atoms with van der Waals surface area (Å²) >= 11 is 0. The van der Waals surface area contributed by atoms with Crippen molar-refractivity contribution in [3.8, 4) is 0 Å². The van der Waals surface area contributed by atoms with Crippen molar-refractivity contribution in [2.45, 2.75) is 32.2 Å². The summed E-state index contributed by atoms with van der Waals surface area (Å²) in [6.07, 6.45) is 2.06. The number of nitrogen functional groups attached to an aromatic ring is 1. The molecule has 0 saturated carbocycles. The summed E-state index contributed by atoms with van der Waals surface area (Å²) in [6.45, 7) is 3.28. The van der Waals surface area contributed by atoms with Gasteiger partial charge in [-0.25, -0.2) is 0 Å². The molecule has 1 heterocycles. The van der Waals surface area contributed by atoms with Crippen LogP contribution in [0, 0.1) is 6.92 Å². The lowest BCUT2D eigenvalue weighted by Crippen LogP contribution is -2.41. The second kappa shape index (κ2) is 6.58. The standard InChI is InChI=1S/C15H22N4O2/c1-10-4-5-11(16)9-12(10)18-14(20)6-8-19-7-2-3-13(19)15(17)21/h4-5,9,13H,2-3,6-8,16H2,1H3,(H2,17,21)(H,18,20). The van der Waals surface area contributed by atoms with Crippen LogP contribution in [-0.2, 0) is 9.59 Å². The van der Waals surface area contributed by atoms with Crippen LogP contribution in [0.5, 0.6) is 0 Å².